The maximum Gasteiger partial charge on any atom is 0.417 e. The van der Waals surface area contributed by atoms with Crippen LogP contribution < -0.4 is 0 Å². The van der Waals surface area contributed by atoms with Gasteiger partial charge in [0.1, 0.15) is 0 Å². The lowest BCUT2D eigenvalue weighted by Crippen LogP contribution is -2.11. The molecule has 6 heteroatoms. The molecule has 4 aromatic rings. The molecule has 0 saturated heterocycles. The largest absolute Gasteiger partial charge is 0.417 e. The third-order valence-corrected chi connectivity index (χ3v) is 5.94. The number of rotatable bonds is 1. The first-order chi connectivity index (χ1) is 14.8. The first-order valence-corrected chi connectivity index (χ1v) is 9.83. The zero-order chi connectivity index (χ0) is 21.9. The van der Waals surface area contributed by atoms with Crippen molar-refractivity contribution in [1.29, 1.82) is 0 Å². The second kappa shape index (κ2) is 6.87. The fraction of sp³-hybridized carbons (Fsp3) is 0.160. The van der Waals surface area contributed by atoms with E-state index in [4.69, 9.17) is 0 Å². The average Bonchev–Trinajstić information content (AvgIpc) is 2.74. The number of carbonyl (C=O) groups excluding carboxylic acids is 1. The minimum Gasteiger partial charge on any atom is -0.294 e. The molecule has 0 atom stereocenters. The van der Waals surface area contributed by atoms with Gasteiger partial charge in [0.05, 0.1) is 5.56 Å². The molecule has 0 amide bonds. The summed E-state index contributed by atoms with van der Waals surface area (Å²) >= 11 is 0. The van der Waals surface area contributed by atoms with Gasteiger partial charge in [-0.25, -0.2) is 8.78 Å². The Kier molecular flexibility index (Phi) is 4.36. The van der Waals surface area contributed by atoms with Crippen molar-refractivity contribution in [2.45, 2.75) is 25.4 Å². The van der Waals surface area contributed by atoms with Crippen molar-refractivity contribution >= 4 is 27.3 Å². The average molecular weight is 426 g/mol. The van der Waals surface area contributed by atoms with Crippen LogP contribution in [0.2, 0.25) is 0 Å². The minimum absolute atomic E-state index is 0.00643. The smallest absolute Gasteiger partial charge is 0.294 e. The number of halogens is 5. The molecule has 0 unspecified atom stereocenters. The second-order valence-electron chi connectivity index (χ2n) is 7.74. The SMILES string of the molecule is O=C1CCCc2c1ccc1c2cc(-c2ccc(F)c(F)c2)c2cccc(C(F)(F)F)c21. The molecule has 0 saturated carbocycles. The molecule has 0 heterocycles. The third-order valence-electron chi connectivity index (χ3n) is 5.94. The molecule has 0 spiro atoms. The maximum atomic E-state index is 14.0. The topological polar surface area (TPSA) is 17.1 Å². The van der Waals surface area contributed by atoms with E-state index in [9.17, 15) is 26.7 Å². The summed E-state index contributed by atoms with van der Waals surface area (Å²) in [4.78, 5) is 12.4. The van der Waals surface area contributed by atoms with Crippen molar-refractivity contribution < 1.29 is 26.7 Å². The van der Waals surface area contributed by atoms with Crippen LogP contribution in [0.5, 0.6) is 0 Å². The summed E-state index contributed by atoms with van der Waals surface area (Å²) in [6.45, 7) is 0. The molecule has 0 radical (unpaired) electrons. The predicted molar refractivity (Wildman–Crippen MR) is 109 cm³/mol. The lowest BCUT2D eigenvalue weighted by atomic mass is 9.83. The van der Waals surface area contributed by atoms with Gasteiger partial charge < -0.3 is 0 Å². The molecule has 4 aromatic carbocycles. The quantitative estimate of drug-likeness (QED) is 0.228. The molecule has 0 fully saturated rings. The first-order valence-electron chi connectivity index (χ1n) is 9.83. The highest BCUT2D eigenvalue weighted by Gasteiger charge is 2.34. The Morgan fingerprint density at radius 3 is 2.29 bits per heavy atom. The predicted octanol–water partition coefficient (Wildman–Crippen LogP) is 7.48. The normalized spacial score (nSPS) is 14.3. The number of hydrogen-bond acceptors (Lipinski definition) is 1. The summed E-state index contributed by atoms with van der Waals surface area (Å²) < 4.78 is 69.3. The fourth-order valence-corrected chi connectivity index (χ4v) is 4.57. The Bertz CT molecular complexity index is 1380. The van der Waals surface area contributed by atoms with Gasteiger partial charge in [-0.3, -0.25) is 4.79 Å². The number of aryl methyl sites for hydroxylation is 1. The molecule has 0 N–H and O–H groups in total. The van der Waals surface area contributed by atoms with Crippen LogP contribution in [-0.2, 0) is 12.6 Å². The Hall–Kier alpha value is -3.28. The van der Waals surface area contributed by atoms with Gasteiger partial charge in [-0.1, -0.05) is 30.3 Å². The summed E-state index contributed by atoms with van der Waals surface area (Å²) in [6.07, 6.45) is -3.03. The van der Waals surface area contributed by atoms with Crippen LogP contribution in [0.15, 0.2) is 54.6 Å². The Labute approximate surface area is 174 Å². The van der Waals surface area contributed by atoms with E-state index in [0.29, 0.717) is 46.7 Å². The van der Waals surface area contributed by atoms with Crippen molar-refractivity contribution in [3.8, 4) is 11.1 Å². The molecule has 1 aliphatic carbocycles. The number of benzene rings is 4. The molecule has 0 aromatic heterocycles. The van der Waals surface area contributed by atoms with Gasteiger partial charge in [0.25, 0.3) is 0 Å². The van der Waals surface area contributed by atoms with Crippen LogP contribution in [0.1, 0.15) is 34.3 Å². The number of Topliss-reactive ketones (excluding diaryl/α,β-unsaturated/α-hetero) is 1. The van der Waals surface area contributed by atoms with Gasteiger partial charge in [0.2, 0.25) is 0 Å². The highest BCUT2D eigenvalue weighted by molar-refractivity contribution is 6.18. The first kappa shape index (κ1) is 19.7. The maximum absolute atomic E-state index is 14.0. The van der Waals surface area contributed by atoms with E-state index in [1.54, 1.807) is 24.3 Å². The summed E-state index contributed by atoms with van der Waals surface area (Å²) in [6, 6.07) is 12.0. The summed E-state index contributed by atoms with van der Waals surface area (Å²) in [5.41, 5.74) is 1.04. The minimum atomic E-state index is -4.61. The van der Waals surface area contributed by atoms with Gasteiger partial charge in [-0.2, -0.15) is 13.2 Å². The molecule has 0 bridgehead atoms. The van der Waals surface area contributed by atoms with E-state index in [-0.39, 0.29) is 22.1 Å². The van der Waals surface area contributed by atoms with Gasteiger partial charge in [-0.05, 0) is 70.0 Å². The summed E-state index contributed by atoms with van der Waals surface area (Å²) in [7, 11) is 0. The molecule has 5 rings (SSSR count). The number of alkyl halides is 3. The monoisotopic (exact) mass is 426 g/mol. The van der Waals surface area contributed by atoms with Crippen LogP contribution in [0, 0.1) is 11.6 Å². The highest BCUT2D eigenvalue weighted by atomic mass is 19.4. The standard InChI is InChI=1S/C25H15F5O/c26-21-10-7-13(11-22(21)27)18-12-19-14-3-2-6-23(31)15(14)8-9-17(19)24-16(18)4-1-5-20(24)25(28,29)30/h1,4-5,7-12H,2-3,6H2. The number of ketones is 1. The van der Waals surface area contributed by atoms with E-state index in [2.05, 4.69) is 0 Å². The highest BCUT2D eigenvalue weighted by Crippen LogP contribution is 2.44. The summed E-state index contributed by atoms with van der Waals surface area (Å²) in [5, 5.41) is 1.21. The van der Waals surface area contributed by atoms with Crippen LogP contribution >= 0.6 is 0 Å². The number of fused-ring (bicyclic) bond motifs is 5. The van der Waals surface area contributed by atoms with E-state index >= 15 is 0 Å². The van der Waals surface area contributed by atoms with Crippen LogP contribution in [0.25, 0.3) is 32.7 Å². The van der Waals surface area contributed by atoms with Gasteiger partial charge in [0, 0.05) is 17.4 Å². The molecule has 1 nitrogen and oxygen atoms in total. The fourth-order valence-electron chi connectivity index (χ4n) is 4.57. The molecular weight excluding hydrogens is 411 g/mol. The van der Waals surface area contributed by atoms with E-state index in [0.717, 1.165) is 18.2 Å². The van der Waals surface area contributed by atoms with E-state index < -0.39 is 23.4 Å². The van der Waals surface area contributed by atoms with Crippen molar-refractivity contribution in [3.05, 3.63) is 82.9 Å². The van der Waals surface area contributed by atoms with Gasteiger partial charge in [-0.15, -0.1) is 0 Å². The zero-order valence-corrected chi connectivity index (χ0v) is 16.1. The van der Waals surface area contributed by atoms with Crippen LogP contribution in [0.4, 0.5) is 22.0 Å². The molecule has 31 heavy (non-hydrogen) atoms. The van der Waals surface area contributed by atoms with Crippen molar-refractivity contribution in [2.24, 2.45) is 0 Å². The molecule has 1 aliphatic rings. The summed E-state index contributed by atoms with van der Waals surface area (Å²) in [5.74, 6) is -2.16. The van der Waals surface area contributed by atoms with E-state index in [1.807, 2.05) is 0 Å². The van der Waals surface area contributed by atoms with Crippen molar-refractivity contribution in [1.82, 2.24) is 0 Å². The third kappa shape index (κ3) is 3.09. The molecule has 156 valence electrons. The van der Waals surface area contributed by atoms with Gasteiger partial charge in [0.15, 0.2) is 17.4 Å². The molecule has 0 aliphatic heterocycles. The van der Waals surface area contributed by atoms with E-state index in [1.165, 1.54) is 12.1 Å². The molecular formula is C25H15F5O. The van der Waals surface area contributed by atoms with Crippen LogP contribution in [0.3, 0.4) is 0 Å². The lowest BCUT2D eigenvalue weighted by Gasteiger charge is -2.21. The number of hydrogen-bond donors (Lipinski definition) is 0. The van der Waals surface area contributed by atoms with Crippen molar-refractivity contribution in [3.63, 3.8) is 0 Å². The Morgan fingerprint density at radius 1 is 0.742 bits per heavy atom. The zero-order valence-electron chi connectivity index (χ0n) is 16.1. The Balaban J connectivity index is 1.98. The lowest BCUT2D eigenvalue weighted by molar-refractivity contribution is -0.136. The van der Waals surface area contributed by atoms with Gasteiger partial charge >= 0.3 is 6.18 Å². The second-order valence-corrected chi connectivity index (χ2v) is 7.74. The Morgan fingerprint density at radius 2 is 1.55 bits per heavy atom. The van der Waals surface area contributed by atoms with Crippen molar-refractivity contribution in [2.75, 3.05) is 0 Å². The number of carbonyl (C=O) groups is 1. The van der Waals surface area contributed by atoms with Crippen LogP contribution in [-0.4, -0.2) is 5.78 Å².